The van der Waals surface area contributed by atoms with Gasteiger partial charge in [0, 0.05) is 30.2 Å². The Bertz CT molecular complexity index is 651. The number of sulfonamides is 1. The second-order valence-corrected chi connectivity index (χ2v) is 8.39. The molecule has 0 bridgehead atoms. The van der Waals surface area contributed by atoms with Crippen molar-refractivity contribution < 1.29 is 13.3 Å². The minimum Gasteiger partial charge on any atom is -0.258 e. The van der Waals surface area contributed by atoms with Crippen LogP contribution in [0.2, 0.25) is 5.02 Å². The molecule has 0 amide bonds. The first-order valence-corrected chi connectivity index (χ1v) is 9.28. The number of benzene rings is 1. The van der Waals surface area contributed by atoms with E-state index in [0.717, 1.165) is 18.2 Å². The molecular formula is C12H15ClN2O4S2. The Kier molecular flexibility index (Phi) is 5.13. The fourth-order valence-electron chi connectivity index (χ4n) is 2.10. The zero-order valence-corrected chi connectivity index (χ0v) is 13.7. The quantitative estimate of drug-likeness (QED) is 0.616. The van der Waals surface area contributed by atoms with Gasteiger partial charge in [-0.1, -0.05) is 18.5 Å². The number of hydrogen-bond donors (Lipinski definition) is 0. The highest BCUT2D eigenvalue weighted by Gasteiger charge is 2.31. The number of halogens is 1. The first kappa shape index (κ1) is 16.5. The van der Waals surface area contributed by atoms with Crippen LogP contribution in [0.5, 0.6) is 0 Å². The summed E-state index contributed by atoms with van der Waals surface area (Å²) in [5.74, 6) is 0.730. The maximum Gasteiger partial charge on any atom is 0.289 e. The number of nitrogens with zero attached hydrogens (tertiary/aromatic N) is 2. The first-order valence-electron chi connectivity index (χ1n) is 6.42. The van der Waals surface area contributed by atoms with Gasteiger partial charge in [-0.3, -0.25) is 10.1 Å². The highest BCUT2D eigenvalue weighted by molar-refractivity contribution is 8.00. The average Bonchev–Trinajstić information content (AvgIpc) is 2.47. The number of hydrogen-bond acceptors (Lipinski definition) is 5. The van der Waals surface area contributed by atoms with E-state index in [-0.39, 0.29) is 15.2 Å². The molecule has 0 saturated carbocycles. The summed E-state index contributed by atoms with van der Waals surface area (Å²) in [6.07, 6.45) is 0.886. The van der Waals surface area contributed by atoms with Gasteiger partial charge < -0.3 is 0 Å². The normalized spacial score (nSPS) is 20.4. The smallest absolute Gasteiger partial charge is 0.258 e. The van der Waals surface area contributed by atoms with Gasteiger partial charge in [-0.2, -0.15) is 16.1 Å². The van der Waals surface area contributed by atoms with Crippen LogP contribution in [0, 0.1) is 10.1 Å². The van der Waals surface area contributed by atoms with Gasteiger partial charge in [-0.25, -0.2) is 8.42 Å². The maximum absolute atomic E-state index is 12.6. The zero-order chi connectivity index (χ0) is 15.6. The van der Waals surface area contributed by atoms with E-state index in [4.69, 9.17) is 11.6 Å². The maximum atomic E-state index is 12.6. The highest BCUT2D eigenvalue weighted by Crippen LogP contribution is 2.30. The molecule has 1 aromatic carbocycles. The van der Waals surface area contributed by atoms with Crippen molar-refractivity contribution in [1.29, 1.82) is 0 Å². The molecule has 1 aliphatic heterocycles. The lowest BCUT2D eigenvalue weighted by atomic mass is 10.3. The van der Waals surface area contributed by atoms with Gasteiger partial charge in [-0.05, 0) is 18.6 Å². The number of rotatable bonds is 4. The van der Waals surface area contributed by atoms with E-state index < -0.39 is 20.6 Å². The van der Waals surface area contributed by atoms with Gasteiger partial charge in [-0.15, -0.1) is 0 Å². The van der Waals surface area contributed by atoms with E-state index in [1.54, 1.807) is 11.8 Å². The first-order chi connectivity index (χ1) is 9.86. The monoisotopic (exact) mass is 350 g/mol. The fraction of sp³-hybridized carbons (Fsp3) is 0.500. The molecule has 0 N–H and O–H groups in total. The zero-order valence-electron chi connectivity index (χ0n) is 11.4. The summed E-state index contributed by atoms with van der Waals surface area (Å²) in [5.41, 5.74) is -0.392. The number of nitro groups is 1. The highest BCUT2D eigenvalue weighted by atomic mass is 35.5. The van der Waals surface area contributed by atoms with Gasteiger partial charge in [0.1, 0.15) is 5.02 Å². The third kappa shape index (κ3) is 3.50. The van der Waals surface area contributed by atoms with Gasteiger partial charge in [0.15, 0.2) is 0 Å². The van der Waals surface area contributed by atoms with Crippen LogP contribution in [0.4, 0.5) is 5.69 Å². The molecule has 6 nitrogen and oxygen atoms in total. The summed E-state index contributed by atoms with van der Waals surface area (Å²) in [7, 11) is -3.72. The van der Waals surface area contributed by atoms with E-state index in [2.05, 4.69) is 0 Å². The van der Waals surface area contributed by atoms with Gasteiger partial charge in [0.05, 0.1) is 9.82 Å². The predicted molar refractivity (Wildman–Crippen MR) is 83.4 cm³/mol. The second kappa shape index (κ2) is 6.51. The van der Waals surface area contributed by atoms with Crippen LogP contribution in [0.15, 0.2) is 23.1 Å². The molecule has 116 valence electrons. The summed E-state index contributed by atoms with van der Waals surface area (Å²) in [5, 5.41) is 11.1. The van der Waals surface area contributed by atoms with Crippen LogP contribution < -0.4 is 0 Å². The summed E-state index contributed by atoms with van der Waals surface area (Å²) < 4.78 is 26.6. The van der Waals surface area contributed by atoms with Gasteiger partial charge >= 0.3 is 0 Å². The molecular weight excluding hydrogens is 336 g/mol. The largest absolute Gasteiger partial charge is 0.289 e. The molecule has 1 aromatic rings. The van der Waals surface area contributed by atoms with Crippen molar-refractivity contribution in [3.8, 4) is 0 Å². The Balaban J connectivity index is 2.35. The van der Waals surface area contributed by atoms with E-state index in [9.17, 15) is 18.5 Å². The van der Waals surface area contributed by atoms with Crippen LogP contribution in [-0.4, -0.2) is 41.7 Å². The Hall–Kier alpha value is -0.830. The van der Waals surface area contributed by atoms with Gasteiger partial charge in [0.25, 0.3) is 5.69 Å². The van der Waals surface area contributed by atoms with Crippen LogP contribution in [-0.2, 0) is 10.0 Å². The third-order valence-electron chi connectivity index (χ3n) is 3.31. The molecule has 0 aliphatic carbocycles. The van der Waals surface area contributed by atoms with E-state index in [1.165, 1.54) is 16.4 Å². The summed E-state index contributed by atoms with van der Waals surface area (Å²) >= 11 is 7.47. The number of nitro benzene ring substituents is 1. The molecule has 1 fully saturated rings. The van der Waals surface area contributed by atoms with E-state index >= 15 is 0 Å². The molecule has 0 radical (unpaired) electrons. The molecule has 0 spiro atoms. The van der Waals surface area contributed by atoms with Crippen LogP contribution in [0.1, 0.15) is 13.3 Å². The molecule has 9 heteroatoms. The lowest BCUT2D eigenvalue weighted by molar-refractivity contribution is -0.384. The van der Waals surface area contributed by atoms with Crippen LogP contribution >= 0.6 is 23.4 Å². The molecule has 1 aliphatic rings. The summed E-state index contributed by atoms with van der Waals surface area (Å²) in [6, 6.07) is 3.59. The minimum atomic E-state index is -3.72. The molecule has 1 atom stereocenters. The van der Waals surface area contributed by atoms with Crippen molar-refractivity contribution in [2.75, 3.05) is 18.8 Å². The van der Waals surface area contributed by atoms with Crippen molar-refractivity contribution in [1.82, 2.24) is 4.31 Å². The Labute approximate surface area is 132 Å². The van der Waals surface area contributed by atoms with Gasteiger partial charge in [0.2, 0.25) is 10.0 Å². The van der Waals surface area contributed by atoms with Crippen molar-refractivity contribution >= 4 is 39.1 Å². The molecule has 2 rings (SSSR count). The van der Waals surface area contributed by atoms with Crippen molar-refractivity contribution in [3.05, 3.63) is 33.3 Å². The summed E-state index contributed by atoms with van der Waals surface area (Å²) in [6.45, 7) is 2.86. The SMILES string of the molecule is CCC1CN(S(=O)(=O)c2ccc(Cl)c([N+](=O)[O-])c2)CCS1. The average molecular weight is 351 g/mol. The Morgan fingerprint density at radius 3 is 2.86 bits per heavy atom. The summed E-state index contributed by atoms with van der Waals surface area (Å²) in [4.78, 5) is 10.1. The molecule has 1 heterocycles. The van der Waals surface area contributed by atoms with Crippen molar-refractivity contribution in [2.45, 2.75) is 23.5 Å². The fourth-order valence-corrected chi connectivity index (χ4v) is 5.18. The molecule has 0 aromatic heterocycles. The molecule has 1 unspecified atom stereocenters. The standard InChI is InChI=1S/C12H15ClN2O4S2/c1-2-9-8-14(5-6-20-9)21(18,19)10-3-4-11(13)12(7-10)15(16)17/h3-4,7,9H,2,5-6,8H2,1H3. The van der Waals surface area contributed by atoms with Crippen molar-refractivity contribution in [3.63, 3.8) is 0 Å². The molecule has 1 saturated heterocycles. The lowest BCUT2D eigenvalue weighted by Gasteiger charge is -2.31. The third-order valence-corrected chi connectivity index (χ3v) is 6.86. The van der Waals surface area contributed by atoms with E-state index in [1.807, 2.05) is 6.92 Å². The minimum absolute atomic E-state index is 0.0698. The lowest BCUT2D eigenvalue weighted by Crippen LogP contribution is -2.41. The van der Waals surface area contributed by atoms with E-state index in [0.29, 0.717) is 13.1 Å². The topological polar surface area (TPSA) is 80.5 Å². The second-order valence-electron chi connectivity index (χ2n) is 4.63. The number of thioether (sulfide) groups is 1. The Morgan fingerprint density at radius 1 is 1.52 bits per heavy atom. The Morgan fingerprint density at radius 2 is 2.24 bits per heavy atom. The van der Waals surface area contributed by atoms with Crippen LogP contribution in [0.25, 0.3) is 0 Å². The molecule has 21 heavy (non-hydrogen) atoms. The van der Waals surface area contributed by atoms with Crippen LogP contribution in [0.3, 0.4) is 0 Å². The van der Waals surface area contributed by atoms with Crippen molar-refractivity contribution in [2.24, 2.45) is 0 Å². The predicted octanol–water partition coefficient (Wildman–Crippen LogP) is 2.76.